The largest absolute Gasteiger partial charge is 0.409 e. The molecule has 0 rings (SSSR count). The molecule has 0 heterocycles. The second-order valence-electron chi connectivity index (χ2n) is 5.79. The summed E-state index contributed by atoms with van der Waals surface area (Å²) in [5.74, 6) is 0.133. The summed E-state index contributed by atoms with van der Waals surface area (Å²) in [5, 5.41) is 11.3. The Bertz CT molecular complexity index is 385. The van der Waals surface area contributed by atoms with E-state index in [1.54, 1.807) is 6.92 Å². The molecule has 0 fully saturated rings. The fourth-order valence-corrected chi connectivity index (χ4v) is 3.11. The highest BCUT2D eigenvalue weighted by molar-refractivity contribution is 7.89. The van der Waals surface area contributed by atoms with E-state index in [0.29, 0.717) is 6.42 Å². The normalized spacial score (nSPS) is 16.0. The molecule has 0 bridgehead atoms. The molecule has 3 N–H and O–H groups in total. The summed E-state index contributed by atoms with van der Waals surface area (Å²) in [6.07, 6.45) is 0.803. The number of nitrogens with two attached hydrogens (primary N) is 1. The highest BCUT2D eigenvalue weighted by Gasteiger charge is 2.25. The zero-order chi connectivity index (χ0) is 14.6. The molecule has 0 aromatic rings. The Labute approximate surface area is 110 Å². The molecule has 7 heteroatoms. The van der Waals surface area contributed by atoms with E-state index in [-0.39, 0.29) is 29.5 Å². The van der Waals surface area contributed by atoms with Crippen molar-refractivity contribution in [3.05, 3.63) is 0 Å². The predicted octanol–water partition coefficient (Wildman–Crippen LogP) is 1.21. The summed E-state index contributed by atoms with van der Waals surface area (Å²) in [6, 6.07) is -0.328. The first-order valence-corrected chi connectivity index (χ1v) is 7.52. The SMILES string of the molecule is CC(CC(N)=NO)N(C)S(=O)(=O)CCC(C)(C)C. The molecule has 0 aromatic heterocycles. The molecule has 6 nitrogen and oxygen atoms in total. The highest BCUT2D eigenvalue weighted by atomic mass is 32.2. The third-order valence-electron chi connectivity index (χ3n) is 2.80. The molecular weight excluding hydrogens is 254 g/mol. The Hall–Kier alpha value is -0.820. The van der Waals surface area contributed by atoms with Gasteiger partial charge in [0.05, 0.1) is 5.75 Å². The van der Waals surface area contributed by atoms with Crippen molar-refractivity contribution in [3.8, 4) is 0 Å². The maximum atomic E-state index is 12.1. The van der Waals surface area contributed by atoms with Crippen molar-refractivity contribution in [2.45, 2.75) is 46.6 Å². The van der Waals surface area contributed by atoms with Crippen LogP contribution in [0.4, 0.5) is 0 Å². The fraction of sp³-hybridized carbons (Fsp3) is 0.909. The van der Waals surface area contributed by atoms with E-state index < -0.39 is 10.0 Å². The van der Waals surface area contributed by atoms with Crippen molar-refractivity contribution in [1.82, 2.24) is 4.31 Å². The van der Waals surface area contributed by atoms with Gasteiger partial charge in [-0.15, -0.1) is 0 Å². The molecule has 0 saturated carbocycles. The first-order chi connectivity index (χ1) is 7.99. The number of hydrogen-bond acceptors (Lipinski definition) is 4. The molecule has 1 atom stereocenters. The quantitative estimate of drug-likeness (QED) is 0.330. The summed E-state index contributed by atoms with van der Waals surface area (Å²) in [6.45, 7) is 7.74. The van der Waals surface area contributed by atoms with Gasteiger partial charge in [-0.2, -0.15) is 0 Å². The van der Waals surface area contributed by atoms with Crippen LogP contribution in [-0.2, 0) is 10.0 Å². The Kier molecular flexibility index (Phi) is 6.09. The van der Waals surface area contributed by atoms with Gasteiger partial charge in [0, 0.05) is 19.5 Å². The topological polar surface area (TPSA) is 96.0 Å². The first kappa shape index (κ1) is 17.2. The number of hydrogen-bond donors (Lipinski definition) is 2. The maximum Gasteiger partial charge on any atom is 0.214 e. The lowest BCUT2D eigenvalue weighted by Gasteiger charge is -2.26. The molecule has 0 aromatic carbocycles. The van der Waals surface area contributed by atoms with Crippen LogP contribution >= 0.6 is 0 Å². The van der Waals surface area contributed by atoms with E-state index in [0.717, 1.165) is 0 Å². The summed E-state index contributed by atoms with van der Waals surface area (Å²) in [4.78, 5) is 0. The zero-order valence-electron chi connectivity index (χ0n) is 11.8. The van der Waals surface area contributed by atoms with Gasteiger partial charge in [0.1, 0.15) is 5.84 Å². The van der Waals surface area contributed by atoms with Gasteiger partial charge in [0.25, 0.3) is 0 Å². The molecule has 0 amide bonds. The predicted molar refractivity (Wildman–Crippen MR) is 73.1 cm³/mol. The first-order valence-electron chi connectivity index (χ1n) is 5.91. The molecule has 0 saturated heterocycles. The number of nitrogens with zero attached hydrogens (tertiary/aromatic N) is 2. The van der Waals surface area contributed by atoms with Gasteiger partial charge < -0.3 is 10.9 Å². The summed E-state index contributed by atoms with van der Waals surface area (Å²) >= 11 is 0. The van der Waals surface area contributed by atoms with Crippen molar-refractivity contribution in [2.75, 3.05) is 12.8 Å². The van der Waals surface area contributed by atoms with Crippen LogP contribution in [0.15, 0.2) is 5.16 Å². The van der Waals surface area contributed by atoms with Crippen LogP contribution < -0.4 is 5.73 Å². The average molecular weight is 279 g/mol. The number of amidine groups is 1. The molecule has 1 unspecified atom stereocenters. The fourth-order valence-electron chi connectivity index (χ4n) is 1.33. The number of oxime groups is 1. The van der Waals surface area contributed by atoms with Gasteiger partial charge in [-0.3, -0.25) is 0 Å². The van der Waals surface area contributed by atoms with Gasteiger partial charge >= 0.3 is 0 Å². The van der Waals surface area contributed by atoms with Crippen molar-refractivity contribution in [3.63, 3.8) is 0 Å². The molecular formula is C11H25N3O3S. The van der Waals surface area contributed by atoms with E-state index >= 15 is 0 Å². The van der Waals surface area contributed by atoms with Gasteiger partial charge in [-0.25, -0.2) is 12.7 Å². The van der Waals surface area contributed by atoms with Crippen molar-refractivity contribution in [2.24, 2.45) is 16.3 Å². The average Bonchev–Trinajstić information content (AvgIpc) is 2.24. The van der Waals surface area contributed by atoms with Crippen molar-refractivity contribution >= 4 is 15.9 Å². The van der Waals surface area contributed by atoms with E-state index in [9.17, 15) is 8.42 Å². The minimum Gasteiger partial charge on any atom is -0.409 e. The van der Waals surface area contributed by atoms with Crippen LogP contribution in [0.5, 0.6) is 0 Å². The molecule has 18 heavy (non-hydrogen) atoms. The van der Waals surface area contributed by atoms with Gasteiger partial charge in [0.2, 0.25) is 10.0 Å². The zero-order valence-corrected chi connectivity index (χ0v) is 12.7. The molecule has 0 aliphatic rings. The monoisotopic (exact) mass is 279 g/mol. The smallest absolute Gasteiger partial charge is 0.214 e. The second-order valence-corrected chi connectivity index (χ2v) is 7.94. The van der Waals surface area contributed by atoms with E-state index in [1.165, 1.54) is 11.4 Å². The minimum absolute atomic E-state index is 0.0251. The summed E-state index contributed by atoms with van der Waals surface area (Å²) in [5.41, 5.74) is 5.35. The highest BCUT2D eigenvalue weighted by Crippen LogP contribution is 2.21. The van der Waals surface area contributed by atoms with E-state index in [4.69, 9.17) is 10.9 Å². The van der Waals surface area contributed by atoms with Gasteiger partial charge in [-0.05, 0) is 18.8 Å². The molecule has 0 radical (unpaired) electrons. The third-order valence-corrected chi connectivity index (χ3v) is 4.76. The summed E-state index contributed by atoms with van der Waals surface area (Å²) < 4.78 is 25.4. The third kappa shape index (κ3) is 6.20. The van der Waals surface area contributed by atoms with E-state index in [1.807, 2.05) is 20.8 Å². The lowest BCUT2D eigenvalue weighted by Crippen LogP contribution is -2.39. The van der Waals surface area contributed by atoms with Crippen LogP contribution in [0.2, 0.25) is 0 Å². The number of sulfonamides is 1. The molecule has 0 aliphatic heterocycles. The van der Waals surface area contributed by atoms with Crippen LogP contribution in [0.25, 0.3) is 0 Å². The Morgan fingerprint density at radius 2 is 1.94 bits per heavy atom. The van der Waals surface area contributed by atoms with Gasteiger partial charge in [0.15, 0.2) is 0 Å². The maximum absolute atomic E-state index is 12.1. The van der Waals surface area contributed by atoms with Crippen LogP contribution in [0.3, 0.4) is 0 Å². The van der Waals surface area contributed by atoms with Crippen molar-refractivity contribution < 1.29 is 13.6 Å². The molecule has 0 spiro atoms. The van der Waals surface area contributed by atoms with E-state index in [2.05, 4.69) is 5.16 Å². The Balaban J connectivity index is 4.61. The molecule has 0 aliphatic carbocycles. The van der Waals surface area contributed by atoms with Gasteiger partial charge in [-0.1, -0.05) is 25.9 Å². The molecule has 108 valence electrons. The van der Waals surface area contributed by atoms with Crippen molar-refractivity contribution in [1.29, 1.82) is 0 Å². The minimum atomic E-state index is -3.31. The summed E-state index contributed by atoms with van der Waals surface area (Å²) in [7, 11) is -1.78. The Morgan fingerprint density at radius 1 is 1.44 bits per heavy atom. The number of rotatable bonds is 6. The lowest BCUT2D eigenvalue weighted by molar-refractivity contribution is 0.313. The standard InChI is InChI=1S/C11H25N3O3S/c1-9(8-10(12)13-15)14(5)18(16,17)7-6-11(2,3)4/h9,15H,6-8H2,1-5H3,(H2,12,13). The van der Waals surface area contributed by atoms with Crippen LogP contribution in [-0.4, -0.2) is 42.6 Å². The second kappa shape index (κ2) is 6.38. The van der Waals surface area contributed by atoms with Crippen LogP contribution in [0, 0.1) is 5.41 Å². The Morgan fingerprint density at radius 3 is 2.33 bits per heavy atom. The van der Waals surface area contributed by atoms with Crippen LogP contribution in [0.1, 0.15) is 40.5 Å². The lowest BCUT2D eigenvalue weighted by atomic mass is 9.94.